The zero-order valence-corrected chi connectivity index (χ0v) is 12.1. The first-order chi connectivity index (χ1) is 8.88. The second kappa shape index (κ2) is 8.71. The molecule has 1 amide bonds. The van der Waals surface area contributed by atoms with Gasteiger partial charge in [0.2, 0.25) is 5.91 Å². The molecule has 1 aromatic rings. The molecule has 20 heavy (non-hydrogen) atoms. The molecule has 0 saturated carbocycles. The van der Waals surface area contributed by atoms with E-state index in [0.717, 1.165) is 0 Å². The maximum Gasteiger partial charge on any atom is 0.387 e. The maximum absolute atomic E-state index is 11.9. The molecule has 1 rings (SSSR count). The molecule has 4 nitrogen and oxygen atoms in total. The van der Waals surface area contributed by atoms with Gasteiger partial charge >= 0.3 is 6.61 Å². The van der Waals surface area contributed by atoms with Gasteiger partial charge in [0.15, 0.2) is 0 Å². The Hall–Kier alpha value is -1.40. The smallest absolute Gasteiger partial charge is 0.387 e. The first-order valence-corrected chi connectivity index (χ1v) is 5.99. The van der Waals surface area contributed by atoms with E-state index in [1.165, 1.54) is 24.3 Å². The summed E-state index contributed by atoms with van der Waals surface area (Å²) < 4.78 is 28.1. The Kier molecular flexibility index (Phi) is 8.10. The second-order valence-corrected chi connectivity index (χ2v) is 4.63. The average Bonchev–Trinajstić information content (AvgIpc) is 2.30. The van der Waals surface area contributed by atoms with E-state index in [-0.39, 0.29) is 24.1 Å². The highest BCUT2D eigenvalue weighted by molar-refractivity contribution is 5.94. The molecule has 0 radical (unpaired) electrons. The number of nitrogens with one attached hydrogen (secondary N) is 1. The van der Waals surface area contributed by atoms with Gasteiger partial charge in [-0.2, -0.15) is 8.78 Å². The molecule has 0 aromatic heterocycles. The SMILES string of the molecule is CC(C)C[C@H](N)C(=O)Nc1ccc(OC(F)F)cc1.Cl. The van der Waals surface area contributed by atoms with Gasteiger partial charge in [-0.25, -0.2) is 0 Å². The first kappa shape index (κ1) is 18.6. The minimum absolute atomic E-state index is 0. The van der Waals surface area contributed by atoms with Crippen LogP contribution in [0.25, 0.3) is 0 Å². The van der Waals surface area contributed by atoms with Gasteiger partial charge in [-0.05, 0) is 36.6 Å². The lowest BCUT2D eigenvalue weighted by atomic mass is 10.0. The second-order valence-electron chi connectivity index (χ2n) is 4.63. The van der Waals surface area contributed by atoms with Crippen LogP contribution in [0.15, 0.2) is 24.3 Å². The lowest BCUT2D eigenvalue weighted by Gasteiger charge is -2.14. The van der Waals surface area contributed by atoms with Crippen LogP contribution < -0.4 is 15.8 Å². The van der Waals surface area contributed by atoms with Crippen LogP contribution in [0.2, 0.25) is 0 Å². The summed E-state index contributed by atoms with van der Waals surface area (Å²) in [7, 11) is 0. The van der Waals surface area contributed by atoms with Crippen molar-refractivity contribution in [2.75, 3.05) is 5.32 Å². The number of benzene rings is 1. The molecule has 7 heteroatoms. The Bertz CT molecular complexity index is 413. The Labute approximate surface area is 123 Å². The largest absolute Gasteiger partial charge is 0.435 e. The van der Waals surface area contributed by atoms with E-state index >= 15 is 0 Å². The summed E-state index contributed by atoms with van der Waals surface area (Å²) in [6.45, 7) is 1.09. The topological polar surface area (TPSA) is 64.4 Å². The average molecular weight is 309 g/mol. The molecule has 114 valence electrons. The summed E-state index contributed by atoms with van der Waals surface area (Å²) in [4.78, 5) is 11.7. The number of halogens is 3. The number of ether oxygens (including phenoxy) is 1. The number of hydrogen-bond acceptors (Lipinski definition) is 3. The molecule has 1 aromatic carbocycles. The summed E-state index contributed by atoms with van der Waals surface area (Å²) in [5.41, 5.74) is 6.22. The van der Waals surface area contributed by atoms with Crippen LogP contribution in [0, 0.1) is 5.92 Å². The van der Waals surface area contributed by atoms with Gasteiger partial charge in [0, 0.05) is 5.69 Å². The Morgan fingerprint density at radius 3 is 2.30 bits per heavy atom. The van der Waals surface area contributed by atoms with E-state index in [1.807, 2.05) is 13.8 Å². The molecule has 0 aliphatic carbocycles. The fourth-order valence-corrected chi connectivity index (χ4v) is 1.57. The van der Waals surface area contributed by atoms with Gasteiger partial charge in [0.1, 0.15) is 5.75 Å². The molecular weight excluding hydrogens is 290 g/mol. The van der Waals surface area contributed by atoms with Crippen LogP contribution >= 0.6 is 12.4 Å². The Balaban J connectivity index is 0.00000361. The number of alkyl halides is 2. The van der Waals surface area contributed by atoms with Crippen LogP contribution in [0.3, 0.4) is 0 Å². The molecule has 0 unspecified atom stereocenters. The van der Waals surface area contributed by atoms with E-state index in [0.29, 0.717) is 18.0 Å². The standard InChI is InChI=1S/C13H18F2N2O2.ClH/c1-8(2)7-11(16)12(18)17-9-3-5-10(6-4-9)19-13(14)15;/h3-6,8,11,13H,7,16H2,1-2H3,(H,17,18);1H/t11-;/m0./s1. The highest BCUT2D eigenvalue weighted by atomic mass is 35.5. The molecule has 0 saturated heterocycles. The monoisotopic (exact) mass is 308 g/mol. The zero-order chi connectivity index (χ0) is 14.4. The fourth-order valence-electron chi connectivity index (χ4n) is 1.57. The van der Waals surface area contributed by atoms with Gasteiger partial charge in [-0.15, -0.1) is 12.4 Å². The predicted octanol–water partition coefficient (Wildman–Crippen LogP) is 3.02. The molecule has 0 fully saturated rings. The highest BCUT2D eigenvalue weighted by Crippen LogP contribution is 2.18. The van der Waals surface area contributed by atoms with Crippen molar-refractivity contribution in [2.24, 2.45) is 11.7 Å². The number of carbonyl (C=O) groups is 1. The van der Waals surface area contributed by atoms with E-state index in [4.69, 9.17) is 5.73 Å². The summed E-state index contributed by atoms with van der Waals surface area (Å²) in [6.07, 6.45) is 0.582. The van der Waals surface area contributed by atoms with Crippen LogP contribution in [0.1, 0.15) is 20.3 Å². The third kappa shape index (κ3) is 6.68. The molecular formula is C13H19ClF2N2O2. The van der Waals surface area contributed by atoms with E-state index in [1.54, 1.807) is 0 Å². The summed E-state index contributed by atoms with van der Waals surface area (Å²) in [5.74, 6) is 0.0678. The summed E-state index contributed by atoms with van der Waals surface area (Å²) >= 11 is 0. The number of nitrogens with two attached hydrogens (primary N) is 1. The van der Waals surface area contributed by atoms with Crippen LogP contribution in [0.5, 0.6) is 5.75 Å². The molecule has 0 bridgehead atoms. The normalized spacial score (nSPS) is 11.9. The van der Waals surface area contributed by atoms with Gasteiger partial charge < -0.3 is 15.8 Å². The van der Waals surface area contributed by atoms with Crippen LogP contribution in [-0.4, -0.2) is 18.6 Å². The van der Waals surface area contributed by atoms with E-state index < -0.39 is 12.7 Å². The first-order valence-electron chi connectivity index (χ1n) is 5.99. The third-order valence-electron chi connectivity index (χ3n) is 2.41. The minimum Gasteiger partial charge on any atom is -0.435 e. The van der Waals surface area contributed by atoms with Crippen LogP contribution in [0.4, 0.5) is 14.5 Å². The molecule has 0 aliphatic rings. The van der Waals surface area contributed by atoms with E-state index in [9.17, 15) is 13.6 Å². The lowest BCUT2D eigenvalue weighted by Crippen LogP contribution is -2.36. The summed E-state index contributed by atoms with van der Waals surface area (Å²) in [6, 6.07) is 5.10. The molecule has 0 aliphatic heterocycles. The predicted molar refractivity (Wildman–Crippen MR) is 76.4 cm³/mol. The van der Waals surface area contributed by atoms with E-state index in [2.05, 4.69) is 10.1 Å². The molecule has 0 heterocycles. The van der Waals surface area contributed by atoms with Gasteiger partial charge in [-0.1, -0.05) is 13.8 Å². The molecule has 1 atom stereocenters. The molecule has 0 spiro atoms. The van der Waals surface area contributed by atoms with Gasteiger partial charge in [-0.3, -0.25) is 4.79 Å². The van der Waals surface area contributed by atoms with Crippen molar-refractivity contribution in [1.82, 2.24) is 0 Å². The maximum atomic E-state index is 11.9. The number of amides is 1. The highest BCUT2D eigenvalue weighted by Gasteiger charge is 2.15. The third-order valence-corrected chi connectivity index (χ3v) is 2.41. The fraction of sp³-hybridized carbons (Fsp3) is 0.462. The lowest BCUT2D eigenvalue weighted by molar-refractivity contribution is -0.117. The number of rotatable bonds is 6. The van der Waals surface area contributed by atoms with Gasteiger partial charge in [0.25, 0.3) is 0 Å². The van der Waals surface area contributed by atoms with Crippen molar-refractivity contribution in [3.8, 4) is 5.75 Å². The van der Waals surface area contributed by atoms with Crippen molar-refractivity contribution >= 4 is 24.0 Å². The number of hydrogen-bond donors (Lipinski definition) is 2. The quantitative estimate of drug-likeness (QED) is 0.849. The van der Waals surface area contributed by atoms with Gasteiger partial charge in [0.05, 0.1) is 6.04 Å². The van der Waals surface area contributed by atoms with Crippen LogP contribution in [-0.2, 0) is 4.79 Å². The Morgan fingerprint density at radius 1 is 1.30 bits per heavy atom. The summed E-state index contributed by atoms with van der Waals surface area (Å²) in [5, 5.41) is 2.62. The Morgan fingerprint density at radius 2 is 1.85 bits per heavy atom. The van der Waals surface area contributed by atoms with Crippen molar-refractivity contribution in [1.29, 1.82) is 0 Å². The number of anilines is 1. The van der Waals surface area contributed by atoms with Crippen molar-refractivity contribution in [2.45, 2.75) is 32.9 Å². The van der Waals surface area contributed by atoms with Crippen molar-refractivity contribution in [3.63, 3.8) is 0 Å². The van der Waals surface area contributed by atoms with Crippen molar-refractivity contribution in [3.05, 3.63) is 24.3 Å². The van der Waals surface area contributed by atoms with Crippen molar-refractivity contribution < 1.29 is 18.3 Å². The zero-order valence-electron chi connectivity index (χ0n) is 11.3. The minimum atomic E-state index is -2.86. The molecule has 3 N–H and O–H groups in total. The number of carbonyl (C=O) groups excluding carboxylic acids is 1.